The summed E-state index contributed by atoms with van der Waals surface area (Å²) in [7, 11) is 1.72. The first-order chi connectivity index (χ1) is 14.3. The first kappa shape index (κ1) is 19.7. The molecule has 6 heteroatoms. The Kier molecular flexibility index (Phi) is 6.00. The van der Waals surface area contributed by atoms with Crippen LogP contribution in [0.2, 0.25) is 0 Å². The van der Waals surface area contributed by atoms with Crippen molar-refractivity contribution in [1.29, 1.82) is 0 Å². The lowest BCUT2D eigenvalue weighted by molar-refractivity contribution is 0.0843. The van der Waals surface area contributed by atoms with Gasteiger partial charge >= 0.3 is 0 Å². The van der Waals surface area contributed by atoms with Gasteiger partial charge in [-0.2, -0.15) is 0 Å². The Morgan fingerprint density at radius 2 is 2.10 bits per heavy atom. The third kappa shape index (κ3) is 3.81. The van der Waals surface area contributed by atoms with E-state index < -0.39 is 0 Å². The third-order valence-electron chi connectivity index (χ3n) is 5.97. The van der Waals surface area contributed by atoms with Crippen molar-refractivity contribution in [2.75, 3.05) is 13.7 Å². The highest BCUT2D eigenvalue weighted by Gasteiger charge is 2.34. The molecule has 4 rings (SSSR count). The minimum absolute atomic E-state index is 0.300. The van der Waals surface area contributed by atoms with Crippen molar-refractivity contribution in [2.45, 2.75) is 58.2 Å². The topological polar surface area (TPSA) is 59.0 Å². The second kappa shape index (κ2) is 8.82. The second-order valence-corrected chi connectivity index (χ2v) is 7.69. The van der Waals surface area contributed by atoms with Crippen molar-refractivity contribution in [3.05, 3.63) is 54.5 Å². The zero-order valence-electron chi connectivity index (χ0n) is 17.6. The number of methoxy groups -OCH3 is 1. The van der Waals surface area contributed by atoms with Crippen LogP contribution in [0.4, 0.5) is 0 Å². The Balaban J connectivity index is 1.71. The van der Waals surface area contributed by atoms with E-state index in [1.54, 1.807) is 13.4 Å². The van der Waals surface area contributed by atoms with E-state index in [4.69, 9.17) is 9.72 Å². The van der Waals surface area contributed by atoms with Crippen molar-refractivity contribution in [3.63, 3.8) is 0 Å². The standard InChI is InChI=1S/C23H31N5O/c1-4-6-10-21-23-26-19(17-9-7-8-11-22(17)29-3)15-27(23)12-13-28(21)20(5-2)18-14-24-16-25-18/h7-9,11,14-16,20-21H,4-6,10,12-13H2,1-3H3,(H,24,25). The number of H-pyrrole nitrogens is 1. The third-order valence-corrected chi connectivity index (χ3v) is 5.97. The van der Waals surface area contributed by atoms with Crippen LogP contribution in [-0.2, 0) is 6.54 Å². The van der Waals surface area contributed by atoms with Crippen molar-refractivity contribution >= 4 is 0 Å². The van der Waals surface area contributed by atoms with E-state index in [2.05, 4.69) is 45.5 Å². The Morgan fingerprint density at radius 1 is 1.24 bits per heavy atom. The molecule has 0 amide bonds. The average molecular weight is 394 g/mol. The summed E-state index contributed by atoms with van der Waals surface area (Å²) in [4.78, 5) is 15.4. The van der Waals surface area contributed by atoms with Gasteiger partial charge in [0.15, 0.2) is 0 Å². The molecular formula is C23H31N5O. The lowest BCUT2D eigenvalue weighted by atomic mass is 10.0. The van der Waals surface area contributed by atoms with Crippen LogP contribution in [0.15, 0.2) is 43.0 Å². The molecule has 3 aromatic rings. The molecule has 1 N–H and O–H groups in total. The molecule has 0 spiro atoms. The molecule has 0 bridgehead atoms. The average Bonchev–Trinajstić information content (AvgIpc) is 3.43. The summed E-state index contributed by atoms with van der Waals surface area (Å²) < 4.78 is 7.92. The summed E-state index contributed by atoms with van der Waals surface area (Å²) in [6, 6.07) is 8.74. The maximum Gasteiger partial charge on any atom is 0.128 e. The molecule has 6 nitrogen and oxygen atoms in total. The molecule has 0 saturated heterocycles. The first-order valence-corrected chi connectivity index (χ1v) is 10.7. The number of benzene rings is 1. The van der Waals surface area contributed by atoms with Gasteiger partial charge in [-0.15, -0.1) is 0 Å². The molecule has 2 unspecified atom stereocenters. The van der Waals surface area contributed by atoms with Gasteiger partial charge < -0.3 is 14.3 Å². The smallest absolute Gasteiger partial charge is 0.128 e. The summed E-state index contributed by atoms with van der Waals surface area (Å²) in [6.07, 6.45) is 10.5. The molecule has 154 valence electrons. The van der Waals surface area contributed by atoms with Crippen molar-refractivity contribution < 1.29 is 4.74 Å². The zero-order valence-corrected chi connectivity index (χ0v) is 17.6. The molecule has 1 aliphatic heterocycles. The van der Waals surface area contributed by atoms with Crippen molar-refractivity contribution in [2.24, 2.45) is 0 Å². The largest absolute Gasteiger partial charge is 0.496 e. The van der Waals surface area contributed by atoms with Crippen LogP contribution >= 0.6 is 0 Å². The number of hydrogen-bond donors (Lipinski definition) is 1. The fourth-order valence-electron chi connectivity index (χ4n) is 4.52. The Bertz CT molecular complexity index is 917. The van der Waals surface area contributed by atoms with Gasteiger partial charge in [0.25, 0.3) is 0 Å². The summed E-state index contributed by atoms with van der Waals surface area (Å²) in [5.41, 5.74) is 3.17. The first-order valence-electron chi connectivity index (χ1n) is 10.7. The van der Waals surface area contributed by atoms with E-state index in [0.29, 0.717) is 12.1 Å². The SMILES string of the molecule is CCCCC1c2nc(-c3ccccc3OC)cn2CCN1C(CC)c1c[nH]cn1. The molecule has 3 heterocycles. The second-order valence-electron chi connectivity index (χ2n) is 7.69. The van der Waals surface area contributed by atoms with Crippen LogP contribution in [0.3, 0.4) is 0 Å². The number of nitrogens with one attached hydrogen (secondary N) is 1. The van der Waals surface area contributed by atoms with Gasteiger partial charge in [-0.05, 0) is 25.0 Å². The predicted molar refractivity (Wildman–Crippen MR) is 115 cm³/mol. The van der Waals surface area contributed by atoms with Crippen molar-refractivity contribution in [1.82, 2.24) is 24.4 Å². The minimum atomic E-state index is 0.300. The van der Waals surface area contributed by atoms with Gasteiger partial charge in [-0.1, -0.05) is 38.8 Å². The summed E-state index contributed by atoms with van der Waals surface area (Å²) >= 11 is 0. The van der Waals surface area contributed by atoms with Crippen LogP contribution in [0.1, 0.15) is 63.1 Å². The number of aromatic amines is 1. The van der Waals surface area contributed by atoms with Gasteiger partial charge in [-0.3, -0.25) is 4.90 Å². The van der Waals surface area contributed by atoms with Gasteiger partial charge in [0.2, 0.25) is 0 Å². The highest BCUT2D eigenvalue weighted by molar-refractivity contribution is 5.66. The number of aromatic nitrogens is 4. The minimum Gasteiger partial charge on any atom is -0.496 e. The maximum atomic E-state index is 5.58. The van der Waals surface area contributed by atoms with E-state index in [1.807, 2.05) is 24.4 Å². The molecule has 1 aromatic carbocycles. The summed E-state index contributed by atoms with van der Waals surface area (Å²) in [5, 5.41) is 0. The molecule has 2 aromatic heterocycles. The van der Waals surface area contributed by atoms with E-state index in [0.717, 1.165) is 48.6 Å². The van der Waals surface area contributed by atoms with Gasteiger partial charge in [0.05, 0.1) is 36.9 Å². The fraction of sp³-hybridized carbons (Fsp3) is 0.478. The fourth-order valence-corrected chi connectivity index (χ4v) is 4.52. The Morgan fingerprint density at radius 3 is 2.83 bits per heavy atom. The number of imidazole rings is 2. The normalized spacial score (nSPS) is 17.8. The molecule has 0 aliphatic carbocycles. The van der Waals surface area contributed by atoms with E-state index in [1.165, 1.54) is 18.7 Å². The van der Waals surface area contributed by atoms with Crippen LogP contribution in [0.5, 0.6) is 5.75 Å². The van der Waals surface area contributed by atoms with Crippen LogP contribution < -0.4 is 4.74 Å². The van der Waals surface area contributed by atoms with Gasteiger partial charge in [-0.25, -0.2) is 9.97 Å². The molecule has 0 radical (unpaired) electrons. The molecule has 0 saturated carbocycles. The molecule has 29 heavy (non-hydrogen) atoms. The summed E-state index contributed by atoms with van der Waals surface area (Å²) in [5.74, 6) is 2.03. The molecule has 2 atom stereocenters. The highest BCUT2D eigenvalue weighted by atomic mass is 16.5. The van der Waals surface area contributed by atoms with E-state index >= 15 is 0 Å². The Labute approximate surface area is 172 Å². The lowest BCUT2D eigenvalue weighted by Gasteiger charge is -2.40. The molecule has 1 aliphatic rings. The van der Waals surface area contributed by atoms with E-state index in [-0.39, 0.29) is 0 Å². The number of fused-ring (bicyclic) bond motifs is 1. The lowest BCUT2D eigenvalue weighted by Crippen LogP contribution is -2.40. The number of unbranched alkanes of at least 4 members (excludes halogenated alkanes) is 1. The van der Waals surface area contributed by atoms with Gasteiger partial charge in [0.1, 0.15) is 11.6 Å². The van der Waals surface area contributed by atoms with Gasteiger partial charge in [0, 0.05) is 31.0 Å². The number of rotatable bonds is 8. The van der Waals surface area contributed by atoms with Crippen LogP contribution in [-0.4, -0.2) is 38.1 Å². The molecule has 0 fully saturated rings. The van der Waals surface area contributed by atoms with Crippen molar-refractivity contribution in [3.8, 4) is 17.0 Å². The maximum absolute atomic E-state index is 5.58. The number of para-hydroxylation sites is 1. The van der Waals surface area contributed by atoms with Crippen LogP contribution in [0.25, 0.3) is 11.3 Å². The highest BCUT2D eigenvalue weighted by Crippen LogP contribution is 2.39. The Hall–Kier alpha value is -2.60. The monoisotopic (exact) mass is 393 g/mol. The number of nitrogens with zero attached hydrogens (tertiary/aromatic N) is 4. The van der Waals surface area contributed by atoms with E-state index in [9.17, 15) is 0 Å². The quantitative estimate of drug-likeness (QED) is 0.586. The predicted octanol–water partition coefficient (Wildman–Crippen LogP) is 4.98. The number of ether oxygens (including phenoxy) is 1. The zero-order chi connectivity index (χ0) is 20.2. The molecular weight excluding hydrogens is 362 g/mol. The number of hydrogen-bond acceptors (Lipinski definition) is 4. The van der Waals surface area contributed by atoms with Crippen LogP contribution in [0, 0.1) is 0 Å². The summed E-state index contributed by atoms with van der Waals surface area (Å²) in [6.45, 7) is 6.46.